The molecule has 0 saturated carbocycles. The van der Waals surface area contributed by atoms with Crippen LogP contribution in [-0.4, -0.2) is 16.5 Å². The topological polar surface area (TPSA) is 37.8 Å². The van der Waals surface area contributed by atoms with Crippen LogP contribution in [0.2, 0.25) is 0 Å². The summed E-state index contributed by atoms with van der Waals surface area (Å²) in [6.07, 6.45) is 0.757. The van der Waals surface area contributed by atoms with E-state index < -0.39 is 0 Å². The summed E-state index contributed by atoms with van der Waals surface area (Å²) in [5.41, 5.74) is 3.47. The summed E-state index contributed by atoms with van der Waals surface area (Å²) in [5, 5.41) is 3.25. The van der Waals surface area contributed by atoms with Crippen LogP contribution < -0.4 is 5.32 Å². The van der Waals surface area contributed by atoms with E-state index in [4.69, 9.17) is 0 Å². The van der Waals surface area contributed by atoms with E-state index in [1.807, 2.05) is 6.92 Å². The molecule has 2 aromatic rings. The average Bonchev–Trinajstić information content (AvgIpc) is 2.38. The third kappa shape index (κ3) is 3.53. The van der Waals surface area contributed by atoms with Crippen LogP contribution in [0.3, 0.4) is 0 Å². The predicted molar refractivity (Wildman–Crippen MR) is 82.6 cm³/mol. The van der Waals surface area contributed by atoms with Crippen molar-refractivity contribution in [2.45, 2.75) is 27.2 Å². The van der Waals surface area contributed by atoms with Gasteiger partial charge < -0.3 is 5.32 Å². The molecule has 0 radical (unpaired) electrons. The molecule has 0 aliphatic carbocycles. The maximum absolute atomic E-state index is 4.57. The van der Waals surface area contributed by atoms with Crippen molar-refractivity contribution in [2.24, 2.45) is 0 Å². The first-order chi connectivity index (χ1) is 9.10. The SMILES string of the molecule is CCNc1nc(Cc2ccc(C)cc2)nc(C)c1Br. The van der Waals surface area contributed by atoms with Crippen LogP contribution in [0.1, 0.15) is 29.6 Å². The first-order valence-electron chi connectivity index (χ1n) is 6.42. The highest BCUT2D eigenvalue weighted by molar-refractivity contribution is 9.10. The first kappa shape index (κ1) is 14.0. The Morgan fingerprint density at radius 1 is 1.11 bits per heavy atom. The highest BCUT2D eigenvalue weighted by Gasteiger charge is 2.09. The van der Waals surface area contributed by atoms with Gasteiger partial charge in [-0.15, -0.1) is 0 Å². The van der Waals surface area contributed by atoms with Crippen LogP contribution in [0, 0.1) is 13.8 Å². The second-order valence-electron chi connectivity index (χ2n) is 4.58. The molecular weight excluding hydrogens is 302 g/mol. The minimum Gasteiger partial charge on any atom is -0.369 e. The molecule has 0 spiro atoms. The predicted octanol–water partition coefficient (Wildman–Crippen LogP) is 3.88. The maximum atomic E-state index is 4.57. The second-order valence-corrected chi connectivity index (χ2v) is 5.37. The van der Waals surface area contributed by atoms with Gasteiger partial charge in [-0.3, -0.25) is 0 Å². The lowest BCUT2D eigenvalue weighted by molar-refractivity contribution is 0.930. The molecule has 0 bridgehead atoms. The number of aromatic nitrogens is 2. The Hall–Kier alpha value is -1.42. The number of aryl methyl sites for hydroxylation is 2. The number of hydrogen-bond acceptors (Lipinski definition) is 3. The number of nitrogens with zero attached hydrogens (tertiary/aromatic N) is 2. The van der Waals surface area contributed by atoms with E-state index in [2.05, 4.69) is 69.3 Å². The molecule has 0 saturated heterocycles. The lowest BCUT2D eigenvalue weighted by atomic mass is 10.1. The van der Waals surface area contributed by atoms with Crippen LogP contribution in [0.5, 0.6) is 0 Å². The fourth-order valence-electron chi connectivity index (χ4n) is 1.87. The molecule has 0 fully saturated rings. The monoisotopic (exact) mass is 319 g/mol. The Morgan fingerprint density at radius 2 is 1.79 bits per heavy atom. The lowest BCUT2D eigenvalue weighted by Gasteiger charge is -2.10. The van der Waals surface area contributed by atoms with Crippen molar-refractivity contribution in [3.63, 3.8) is 0 Å². The smallest absolute Gasteiger partial charge is 0.144 e. The summed E-state index contributed by atoms with van der Waals surface area (Å²) >= 11 is 3.52. The molecule has 1 aromatic heterocycles. The van der Waals surface area contributed by atoms with E-state index in [9.17, 15) is 0 Å². The van der Waals surface area contributed by atoms with Crippen LogP contribution in [0.15, 0.2) is 28.7 Å². The Bertz CT molecular complexity index is 564. The van der Waals surface area contributed by atoms with Gasteiger partial charge in [-0.2, -0.15) is 0 Å². The molecule has 100 valence electrons. The first-order valence-corrected chi connectivity index (χ1v) is 7.22. The molecule has 1 N–H and O–H groups in total. The van der Waals surface area contributed by atoms with Crippen molar-refractivity contribution in [3.05, 3.63) is 51.4 Å². The second kappa shape index (κ2) is 6.15. The van der Waals surface area contributed by atoms with Crippen molar-refractivity contribution in [1.82, 2.24) is 9.97 Å². The number of halogens is 1. The van der Waals surface area contributed by atoms with Crippen molar-refractivity contribution in [2.75, 3.05) is 11.9 Å². The molecule has 3 nitrogen and oxygen atoms in total. The van der Waals surface area contributed by atoms with E-state index in [0.29, 0.717) is 0 Å². The quantitative estimate of drug-likeness (QED) is 0.929. The van der Waals surface area contributed by atoms with Gasteiger partial charge in [-0.25, -0.2) is 9.97 Å². The largest absolute Gasteiger partial charge is 0.369 e. The molecule has 0 aliphatic rings. The summed E-state index contributed by atoms with van der Waals surface area (Å²) in [7, 11) is 0. The minimum absolute atomic E-state index is 0.757. The summed E-state index contributed by atoms with van der Waals surface area (Å²) < 4.78 is 0.946. The Morgan fingerprint density at radius 3 is 2.42 bits per heavy atom. The molecule has 0 atom stereocenters. The zero-order valence-electron chi connectivity index (χ0n) is 11.5. The fraction of sp³-hybridized carbons (Fsp3) is 0.333. The van der Waals surface area contributed by atoms with Crippen LogP contribution in [0.4, 0.5) is 5.82 Å². The standard InChI is InChI=1S/C15H18BrN3/c1-4-17-15-14(16)11(3)18-13(19-15)9-12-7-5-10(2)6-8-12/h5-8H,4,9H2,1-3H3,(H,17,18,19). The number of rotatable bonds is 4. The van der Waals surface area contributed by atoms with Gasteiger partial charge in [-0.1, -0.05) is 29.8 Å². The summed E-state index contributed by atoms with van der Waals surface area (Å²) in [6.45, 7) is 6.99. The zero-order valence-corrected chi connectivity index (χ0v) is 13.1. The van der Waals surface area contributed by atoms with E-state index in [0.717, 1.165) is 34.8 Å². The average molecular weight is 320 g/mol. The van der Waals surface area contributed by atoms with Gasteiger partial charge >= 0.3 is 0 Å². The Balaban J connectivity index is 2.27. The third-order valence-corrected chi connectivity index (χ3v) is 3.84. The van der Waals surface area contributed by atoms with E-state index >= 15 is 0 Å². The summed E-state index contributed by atoms with van der Waals surface area (Å²) in [6, 6.07) is 8.49. The molecule has 1 aromatic carbocycles. The molecule has 0 unspecified atom stereocenters. The molecule has 19 heavy (non-hydrogen) atoms. The Labute approximate surface area is 122 Å². The summed E-state index contributed by atoms with van der Waals surface area (Å²) in [5.74, 6) is 1.72. The molecule has 1 heterocycles. The van der Waals surface area contributed by atoms with Crippen LogP contribution in [0.25, 0.3) is 0 Å². The van der Waals surface area contributed by atoms with Gasteiger partial charge in [0.05, 0.1) is 10.2 Å². The highest BCUT2D eigenvalue weighted by atomic mass is 79.9. The number of hydrogen-bond donors (Lipinski definition) is 1. The van der Waals surface area contributed by atoms with Crippen LogP contribution >= 0.6 is 15.9 Å². The van der Waals surface area contributed by atoms with E-state index in [-0.39, 0.29) is 0 Å². The van der Waals surface area contributed by atoms with Crippen LogP contribution in [-0.2, 0) is 6.42 Å². The van der Waals surface area contributed by atoms with Gasteiger partial charge in [-0.05, 0) is 42.3 Å². The highest BCUT2D eigenvalue weighted by Crippen LogP contribution is 2.23. The van der Waals surface area contributed by atoms with Gasteiger partial charge in [0.1, 0.15) is 11.6 Å². The molecular formula is C15H18BrN3. The number of anilines is 1. The molecule has 4 heteroatoms. The molecule has 0 aliphatic heterocycles. The Kier molecular flexibility index (Phi) is 4.53. The van der Waals surface area contributed by atoms with Gasteiger partial charge in [0.2, 0.25) is 0 Å². The van der Waals surface area contributed by atoms with Crippen molar-refractivity contribution in [1.29, 1.82) is 0 Å². The lowest BCUT2D eigenvalue weighted by Crippen LogP contribution is -2.07. The van der Waals surface area contributed by atoms with E-state index in [1.165, 1.54) is 11.1 Å². The number of nitrogens with one attached hydrogen (secondary N) is 1. The van der Waals surface area contributed by atoms with Crippen molar-refractivity contribution >= 4 is 21.7 Å². The third-order valence-electron chi connectivity index (χ3n) is 2.89. The molecule has 0 amide bonds. The normalized spacial score (nSPS) is 10.5. The van der Waals surface area contributed by atoms with Crippen molar-refractivity contribution in [3.8, 4) is 0 Å². The fourth-order valence-corrected chi connectivity index (χ4v) is 2.19. The van der Waals surface area contributed by atoms with Gasteiger partial charge in [0.15, 0.2) is 0 Å². The minimum atomic E-state index is 0.757. The zero-order chi connectivity index (χ0) is 13.8. The molecule has 2 rings (SSSR count). The maximum Gasteiger partial charge on any atom is 0.144 e. The van der Waals surface area contributed by atoms with Crippen molar-refractivity contribution < 1.29 is 0 Å². The van der Waals surface area contributed by atoms with E-state index in [1.54, 1.807) is 0 Å². The van der Waals surface area contributed by atoms with Gasteiger partial charge in [0, 0.05) is 13.0 Å². The van der Waals surface area contributed by atoms with Gasteiger partial charge in [0.25, 0.3) is 0 Å². The number of benzene rings is 1. The summed E-state index contributed by atoms with van der Waals surface area (Å²) in [4.78, 5) is 9.11.